The van der Waals surface area contributed by atoms with E-state index in [9.17, 15) is 0 Å². The Labute approximate surface area is 358 Å². The van der Waals surface area contributed by atoms with Crippen LogP contribution >= 0.6 is 0 Å². The topological polar surface area (TPSA) is 52.1 Å². The van der Waals surface area contributed by atoms with Crippen LogP contribution in [0.2, 0.25) is 0 Å². The first kappa shape index (κ1) is 35.6. The summed E-state index contributed by atoms with van der Waals surface area (Å²) in [4.78, 5) is 11.2. The van der Waals surface area contributed by atoms with Crippen molar-refractivity contribution >= 4 is 43.9 Å². The molecule has 4 nitrogen and oxygen atoms in total. The highest BCUT2D eigenvalue weighted by atomic mass is 16.3. The van der Waals surface area contributed by atoms with Gasteiger partial charge in [0.2, 0.25) is 0 Å². The quantitative estimate of drug-likeness (QED) is 0.161. The monoisotopic (exact) mass is 792 g/mol. The Bertz CT molecular complexity index is 3490. The molecule has 0 radical (unpaired) electrons. The van der Waals surface area contributed by atoms with Gasteiger partial charge in [-0.25, -0.2) is 9.97 Å². The number of para-hydroxylation sites is 4. The number of nitrogens with zero attached hydrogens (tertiary/aromatic N) is 2. The van der Waals surface area contributed by atoms with Gasteiger partial charge in [-0.1, -0.05) is 176 Å². The van der Waals surface area contributed by atoms with E-state index >= 15 is 0 Å². The fraction of sp³-hybridized carbons (Fsp3) is 0. The standard InChI is InChI=1S/C58H36N2O2/c1-4-18-37(19-5-1)40-34-49(39-22-8-3-9-23-39)55(50(35-40)42-25-11-10-24-41(42)38-20-6-2-7-21-38)58-59-51(47-30-16-28-45-43-26-12-14-32-53(43)61-56(45)47)36-52(60-58)48-31-17-29-46-44-27-13-15-33-54(44)62-57(46)48/h1-36H. The van der Waals surface area contributed by atoms with E-state index in [1.165, 1.54) is 0 Å². The Hall–Kier alpha value is -8.34. The molecule has 12 rings (SSSR count). The largest absolute Gasteiger partial charge is 0.455 e. The molecule has 12 aromatic rings. The Balaban J connectivity index is 1.22. The molecule has 0 aliphatic carbocycles. The minimum atomic E-state index is 0.593. The summed E-state index contributed by atoms with van der Waals surface area (Å²) in [5.41, 5.74) is 16.1. The van der Waals surface area contributed by atoms with E-state index in [0.29, 0.717) is 5.82 Å². The first-order chi connectivity index (χ1) is 30.7. The van der Waals surface area contributed by atoms with Crippen molar-refractivity contribution in [3.05, 3.63) is 218 Å². The maximum absolute atomic E-state index is 6.68. The van der Waals surface area contributed by atoms with E-state index in [1.54, 1.807) is 0 Å². The van der Waals surface area contributed by atoms with E-state index in [1.807, 2.05) is 24.3 Å². The summed E-state index contributed by atoms with van der Waals surface area (Å²) in [5.74, 6) is 0.593. The van der Waals surface area contributed by atoms with Crippen molar-refractivity contribution in [1.29, 1.82) is 0 Å². The molecular weight excluding hydrogens is 757 g/mol. The van der Waals surface area contributed by atoms with Gasteiger partial charge in [0, 0.05) is 38.2 Å². The molecular formula is C58H36N2O2. The lowest BCUT2D eigenvalue weighted by atomic mass is 9.84. The predicted molar refractivity (Wildman–Crippen MR) is 255 cm³/mol. The zero-order valence-corrected chi connectivity index (χ0v) is 33.5. The fourth-order valence-corrected chi connectivity index (χ4v) is 9.06. The second-order valence-electron chi connectivity index (χ2n) is 15.6. The van der Waals surface area contributed by atoms with Crippen molar-refractivity contribution in [3.8, 4) is 78.4 Å². The van der Waals surface area contributed by atoms with Crippen molar-refractivity contribution in [2.45, 2.75) is 0 Å². The summed E-state index contributed by atoms with van der Waals surface area (Å²) in [5, 5.41) is 4.20. The lowest BCUT2D eigenvalue weighted by Gasteiger charge is -2.21. The molecule has 0 bridgehead atoms. The summed E-state index contributed by atoms with van der Waals surface area (Å²) in [6.45, 7) is 0. The second kappa shape index (κ2) is 14.7. The van der Waals surface area contributed by atoms with Gasteiger partial charge in [0.25, 0.3) is 0 Å². The summed E-state index contributed by atoms with van der Waals surface area (Å²) in [6, 6.07) is 76.2. The molecule has 4 heteroatoms. The summed E-state index contributed by atoms with van der Waals surface area (Å²) < 4.78 is 13.4. The highest BCUT2D eigenvalue weighted by Crippen LogP contribution is 2.47. The number of hydrogen-bond donors (Lipinski definition) is 0. The molecule has 0 spiro atoms. The molecule has 0 saturated heterocycles. The van der Waals surface area contributed by atoms with Gasteiger partial charge in [-0.15, -0.1) is 0 Å². The molecule has 9 aromatic carbocycles. The molecule has 0 aliphatic rings. The maximum atomic E-state index is 6.68. The van der Waals surface area contributed by atoms with Gasteiger partial charge >= 0.3 is 0 Å². The van der Waals surface area contributed by atoms with Gasteiger partial charge < -0.3 is 8.83 Å². The minimum Gasteiger partial charge on any atom is -0.455 e. The zero-order chi connectivity index (χ0) is 41.0. The number of rotatable bonds is 7. The number of fused-ring (bicyclic) bond motifs is 6. The van der Waals surface area contributed by atoms with Crippen molar-refractivity contribution in [3.63, 3.8) is 0 Å². The Morgan fingerprint density at radius 2 is 0.694 bits per heavy atom. The van der Waals surface area contributed by atoms with Crippen LogP contribution in [0.4, 0.5) is 0 Å². The highest BCUT2D eigenvalue weighted by Gasteiger charge is 2.25. The first-order valence-corrected chi connectivity index (χ1v) is 20.9. The van der Waals surface area contributed by atoms with E-state index in [4.69, 9.17) is 18.8 Å². The first-order valence-electron chi connectivity index (χ1n) is 20.9. The Morgan fingerprint density at radius 3 is 1.26 bits per heavy atom. The van der Waals surface area contributed by atoms with Crippen LogP contribution in [-0.2, 0) is 0 Å². The molecule has 3 aromatic heterocycles. The van der Waals surface area contributed by atoms with Gasteiger partial charge in [0.15, 0.2) is 5.82 Å². The molecule has 290 valence electrons. The fourth-order valence-electron chi connectivity index (χ4n) is 9.06. The van der Waals surface area contributed by atoms with Crippen LogP contribution < -0.4 is 0 Å². The van der Waals surface area contributed by atoms with Crippen LogP contribution in [0.15, 0.2) is 227 Å². The summed E-state index contributed by atoms with van der Waals surface area (Å²) in [6.07, 6.45) is 0. The normalized spacial score (nSPS) is 11.5. The minimum absolute atomic E-state index is 0.593. The molecule has 0 N–H and O–H groups in total. The molecule has 0 fully saturated rings. The number of furan rings is 2. The average molecular weight is 793 g/mol. The molecule has 0 aliphatic heterocycles. The lowest BCUT2D eigenvalue weighted by Crippen LogP contribution is -2.01. The summed E-state index contributed by atoms with van der Waals surface area (Å²) in [7, 11) is 0. The smallest absolute Gasteiger partial charge is 0.161 e. The highest BCUT2D eigenvalue weighted by molar-refractivity contribution is 6.11. The van der Waals surface area contributed by atoms with Gasteiger partial charge in [0.1, 0.15) is 22.3 Å². The van der Waals surface area contributed by atoms with Crippen LogP contribution in [0.3, 0.4) is 0 Å². The Morgan fingerprint density at radius 1 is 0.274 bits per heavy atom. The third-order valence-electron chi connectivity index (χ3n) is 11.9. The second-order valence-corrected chi connectivity index (χ2v) is 15.6. The molecule has 0 amide bonds. The van der Waals surface area contributed by atoms with Crippen molar-refractivity contribution in [1.82, 2.24) is 9.97 Å². The molecule has 0 atom stereocenters. The van der Waals surface area contributed by atoms with Crippen molar-refractivity contribution in [2.24, 2.45) is 0 Å². The molecule has 0 saturated carbocycles. The maximum Gasteiger partial charge on any atom is 0.161 e. The summed E-state index contributed by atoms with van der Waals surface area (Å²) >= 11 is 0. The van der Waals surface area contributed by atoms with E-state index < -0.39 is 0 Å². The van der Waals surface area contributed by atoms with Crippen molar-refractivity contribution in [2.75, 3.05) is 0 Å². The van der Waals surface area contributed by atoms with Crippen LogP contribution in [0.25, 0.3) is 122 Å². The van der Waals surface area contributed by atoms with E-state index in [2.05, 4.69) is 194 Å². The predicted octanol–water partition coefficient (Wildman–Crippen LogP) is 15.9. The van der Waals surface area contributed by atoms with Crippen molar-refractivity contribution < 1.29 is 8.83 Å². The van der Waals surface area contributed by atoms with Crippen LogP contribution in [0.5, 0.6) is 0 Å². The Kier molecular flexibility index (Phi) is 8.46. The van der Waals surface area contributed by atoms with E-state index in [0.717, 1.165) is 116 Å². The third-order valence-corrected chi connectivity index (χ3v) is 11.9. The van der Waals surface area contributed by atoms with E-state index in [-0.39, 0.29) is 0 Å². The van der Waals surface area contributed by atoms with Gasteiger partial charge in [0.05, 0.1) is 11.4 Å². The molecule has 0 unspecified atom stereocenters. The zero-order valence-electron chi connectivity index (χ0n) is 33.5. The third kappa shape index (κ3) is 6.00. The van der Waals surface area contributed by atoms with Gasteiger partial charge in [-0.2, -0.15) is 0 Å². The lowest BCUT2D eigenvalue weighted by molar-refractivity contribution is 0.669. The number of benzene rings is 9. The number of aromatic nitrogens is 2. The SMILES string of the molecule is c1ccc(-c2cc(-c3ccccc3)c(-c3nc(-c4cccc5c4oc4ccccc45)cc(-c4cccc5c4oc4ccccc45)n3)c(-c3ccccc3-c3ccccc3)c2)cc1. The van der Waals surface area contributed by atoms with Crippen LogP contribution in [-0.4, -0.2) is 9.97 Å². The molecule has 62 heavy (non-hydrogen) atoms. The van der Waals surface area contributed by atoms with Crippen LogP contribution in [0.1, 0.15) is 0 Å². The van der Waals surface area contributed by atoms with Gasteiger partial charge in [-0.05, 0) is 87.0 Å². The number of hydrogen-bond acceptors (Lipinski definition) is 4. The van der Waals surface area contributed by atoms with Gasteiger partial charge in [-0.3, -0.25) is 0 Å². The molecule has 3 heterocycles. The average Bonchev–Trinajstić information content (AvgIpc) is 3.93. The van der Waals surface area contributed by atoms with Crippen LogP contribution in [0, 0.1) is 0 Å².